The second-order valence-electron chi connectivity index (χ2n) is 7.72. The van der Waals surface area contributed by atoms with E-state index in [9.17, 15) is 13.2 Å². The fraction of sp³-hybridized carbons (Fsp3) is 0.500. The molecule has 0 radical (unpaired) electrons. The van der Waals surface area contributed by atoms with Gasteiger partial charge in [0.15, 0.2) is 0 Å². The third kappa shape index (κ3) is 6.00. The van der Waals surface area contributed by atoms with Gasteiger partial charge in [-0.1, -0.05) is 50.6 Å². The van der Waals surface area contributed by atoms with Crippen LogP contribution in [0.2, 0.25) is 0 Å². The van der Waals surface area contributed by atoms with Gasteiger partial charge >= 0.3 is 6.09 Å². The number of allylic oxidation sites excluding steroid dienone is 1. The summed E-state index contributed by atoms with van der Waals surface area (Å²) in [6, 6.07) is 6.55. The molecule has 0 aromatic heterocycles. The Hall–Kier alpha value is -1.82. The summed E-state index contributed by atoms with van der Waals surface area (Å²) in [5.41, 5.74) is 0.695. The van der Waals surface area contributed by atoms with Crippen molar-refractivity contribution in [2.24, 2.45) is 5.41 Å². The third-order valence-electron chi connectivity index (χ3n) is 3.38. The van der Waals surface area contributed by atoms with Crippen molar-refractivity contribution < 1.29 is 17.9 Å². The standard InChI is InChI=1S/C18H27NO4S/c1-13(17(2,3)4)12-14-10-8-9-11-15(14)24(21,22)19-16(20)23-18(5,6)7/h8-12H,1-7H3,(H,19,20)/b13-12+. The first kappa shape index (κ1) is 20.2. The minimum Gasteiger partial charge on any atom is -0.443 e. The van der Waals surface area contributed by atoms with Gasteiger partial charge in [0.1, 0.15) is 5.60 Å². The van der Waals surface area contributed by atoms with Crippen molar-refractivity contribution in [3.05, 3.63) is 35.4 Å². The predicted molar refractivity (Wildman–Crippen MR) is 96.1 cm³/mol. The smallest absolute Gasteiger partial charge is 0.421 e. The largest absolute Gasteiger partial charge is 0.443 e. The Balaban J connectivity index is 3.21. The second kappa shape index (κ2) is 6.97. The molecule has 1 rings (SSSR count). The maximum absolute atomic E-state index is 12.5. The molecule has 1 N–H and O–H groups in total. The van der Waals surface area contributed by atoms with Gasteiger partial charge in [0, 0.05) is 0 Å². The van der Waals surface area contributed by atoms with Gasteiger partial charge in [0.05, 0.1) is 4.90 Å². The van der Waals surface area contributed by atoms with Crippen molar-refractivity contribution in [2.75, 3.05) is 0 Å². The van der Waals surface area contributed by atoms with Crippen LogP contribution in [0.25, 0.3) is 6.08 Å². The van der Waals surface area contributed by atoms with Crippen LogP contribution in [-0.4, -0.2) is 20.1 Å². The summed E-state index contributed by atoms with van der Waals surface area (Å²) >= 11 is 0. The monoisotopic (exact) mass is 353 g/mol. The molecule has 5 nitrogen and oxygen atoms in total. The van der Waals surface area contributed by atoms with E-state index >= 15 is 0 Å². The number of rotatable bonds is 3. The average molecular weight is 353 g/mol. The Kier molecular flexibility index (Phi) is 5.87. The van der Waals surface area contributed by atoms with E-state index in [4.69, 9.17) is 4.74 Å². The number of hydrogen-bond donors (Lipinski definition) is 1. The lowest BCUT2D eigenvalue weighted by molar-refractivity contribution is 0.0570. The third-order valence-corrected chi connectivity index (χ3v) is 4.77. The highest BCUT2D eigenvalue weighted by atomic mass is 32.2. The van der Waals surface area contributed by atoms with Crippen LogP contribution in [0.5, 0.6) is 0 Å². The fourth-order valence-corrected chi connectivity index (χ4v) is 2.82. The Morgan fingerprint density at radius 1 is 1.08 bits per heavy atom. The Bertz CT molecular complexity index is 735. The van der Waals surface area contributed by atoms with Crippen LogP contribution in [0.15, 0.2) is 34.7 Å². The lowest BCUT2D eigenvalue weighted by Crippen LogP contribution is -2.36. The number of hydrogen-bond acceptors (Lipinski definition) is 4. The normalized spacial score (nSPS) is 13.5. The van der Waals surface area contributed by atoms with Crippen LogP contribution < -0.4 is 4.72 Å². The first-order valence-electron chi connectivity index (χ1n) is 7.76. The molecule has 0 heterocycles. The van der Waals surface area contributed by atoms with Gasteiger partial charge in [-0.2, -0.15) is 0 Å². The Morgan fingerprint density at radius 2 is 1.62 bits per heavy atom. The number of sulfonamides is 1. The zero-order chi connectivity index (χ0) is 18.8. The van der Waals surface area contributed by atoms with Crippen LogP contribution in [0.3, 0.4) is 0 Å². The van der Waals surface area contributed by atoms with E-state index in [1.807, 2.05) is 17.7 Å². The van der Waals surface area contributed by atoms with E-state index in [0.29, 0.717) is 5.56 Å². The first-order valence-corrected chi connectivity index (χ1v) is 9.24. The molecule has 134 valence electrons. The molecule has 0 bridgehead atoms. The molecular formula is C18H27NO4S. The summed E-state index contributed by atoms with van der Waals surface area (Å²) in [4.78, 5) is 11.9. The SMILES string of the molecule is C/C(=C\c1ccccc1S(=O)(=O)NC(=O)OC(C)(C)C)C(C)(C)C. The highest BCUT2D eigenvalue weighted by Crippen LogP contribution is 2.28. The topological polar surface area (TPSA) is 72.5 Å². The lowest BCUT2D eigenvalue weighted by Gasteiger charge is -2.21. The number of carbonyl (C=O) groups excluding carboxylic acids is 1. The minimum absolute atomic E-state index is 0.0412. The fourth-order valence-electron chi connectivity index (χ4n) is 1.76. The quantitative estimate of drug-likeness (QED) is 0.877. The van der Waals surface area contributed by atoms with Crippen LogP contribution in [0, 0.1) is 5.41 Å². The first-order chi connectivity index (χ1) is 10.7. The summed E-state index contributed by atoms with van der Waals surface area (Å²) in [5, 5.41) is 0. The summed E-state index contributed by atoms with van der Waals surface area (Å²) in [7, 11) is -4.02. The predicted octanol–water partition coefficient (Wildman–Crippen LogP) is 4.35. The summed E-state index contributed by atoms with van der Waals surface area (Å²) in [5.74, 6) is 0. The average Bonchev–Trinajstić information content (AvgIpc) is 2.34. The van der Waals surface area contributed by atoms with Crippen molar-refractivity contribution in [3.8, 4) is 0 Å². The summed E-state index contributed by atoms with van der Waals surface area (Å²) in [6.45, 7) is 13.1. The highest BCUT2D eigenvalue weighted by Gasteiger charge is 2.24. The minimum atomic E-state index is -4.02. The number of benzene rings is 1. The van der Waals surface area contributed by atoms with Gasteiger partial charge < -0.3 is 4.74 Å². The van der Waals surface area contributed by atoms with Crippen molar-refractivity contribution in [3.63, 3.8) is 0 Å². The number of carbonyl (C=O) groups is 1. The van der Waals surface area contributed by atoms with Gasteiger partial charge in [-0.25, -0.2) is 17.9 Å². The molecule has 0 unspecified atom stereocenters. The van der Waals surface area contributed by atoms with E-state index in [2.05, 4.69) is 20.8 Å². The zero-order valence-corrected chi connectivity index (χ0v) is 16.2. The van der Waals surface area contributed by atoms with E-state index in [-0.39, 0.29) is 10.3 Å². The molecule has 1 aromatic rings. The molecule has 0 atom stereocenters. The van der Waals surface area contributed by atoms with Crippen LogP contribution in [-0.2, 0) is 14.8 Å². The van der Waals surface area contributed by atoms with Gasteiger partial charge in [0.25, 0.3) is 10.0 Å². The summed E-state index contributed by atoms with van der Waals surface area (Å²) in [6.07, 6.45) is 0.831. The molecule has 0 aliphatic heterocycles. The van der Waals surface area contributed by atoms with Gasteiger partial charge in [-0.15, -0.1) is 0 Å². The van der Waals surface area contributed by atoms with Gasteiger partial charge in [-0.05, 0) is 44.7 Å². The Morgan fingerprint density at radius 3 is 2.12 bits per heavy atom. The maximum Gasteiger partial charge on any atom is 0.421 e. The van der Waals surface area contributed by atoms with Crippen LogP contribution >= 0.6 is 0 Å². The molecular weight excluding hydrogens is 326 g/mol. The summed E-state index contributed by atoms with van der Waals surface area (Å²) < 4.78 is 32.1. The van der Waals surface area contributed by atoms with Crippen molar-refractivity contribution in [1.82, 2.24) is 4.72 Å². The van der Waals surface area contributed by atoms with Crippen molar-refractivity contribution >= 4 is 22.2 Å². The molecule has 24 heavy (non-hydrogen) atoms. The molecule has 0 saturated heterocycles. The molecule has 1 aromatic carbocycles. The molecule has 0 aliphatic carbocycles. The Labute approximate surface area is 145 Å². The number of ether oxygens (including phenoxy) is 1. The molecule has 6 heteroatoms. The van der Waals surface area contributed by atoms with Gasteiger partial charge in [0.2, 0.25) is 0 Å². The molecule has 0 fully saturated rings. The number of nitrogens with one attached hydrogen (secondary N) is 1. The van der Waals surface area contributed by atoms with Crippen molar-refractivity contribution in [1.29, 1.82) is 0 Å². The lowest BCUT2D eigenvalue weighted by atomic mass is 9.86. The second-order valence-corrected chi connectivity index (χ2v) is 9.37. The van der Waals surface area contributed by atoms with Gasteiger partial charge in [-0.3, -0.25) is 0 Å². The van der Waals surface area contributed by atoms with Crippen molar-refractivity contribution in [2.45, 2.75) is 59.0 Å². The maximum atomic E-state index is 12.5. The highest BCUT2D eigenvalue weighted by molar-refractivity contribution is 7.90. The van der Waals surface area contributed by atoms with Crippen LogP contribution in [0.1, 0.15) is 54.0 Å². The van der Waals surface area contributed by atoms with E-state index < -0.39 is 21.7 Å². The number of amides is 1. The molecule has 0 saturated carbocycles. The molecule has 1 amide bonds. The van der Waals surface area contributed by atoms with E-state index in [1.165, 1.54) is 6.07 Å². The van der Waals surface area contributed by atoms with Crippen LogP contribution in [0.4, 0.5) is 4.79 Å². The zero-order valence-electron chi connectivity index (χ0n) is 15.4. The van der Waals surface area contributed by atoms with E-state index in [1.54, 1.807) is 39.0 Å². The molecule has 0 spiro atoms. The van der Waals surface area contributed by atoms with E-state index in [0.717, 1.165) is 5.57 Å². The molecule has 0 aliphatic rings.